The van der Waals surface area contributed by atoms with E-state index < -0.39 is 10.4 Å². The Kier molecular flexibility index (Phi) is 9.49. The van der Waals surface area contributed by atoms with E-state index in [1.807, 2.05) is 0 Å². The van der Waals surface area contributed by atoms with Crippen LogP contribution in [0.25, 0.3) is 0 Å². The summed E-state index contributed by atoms with van der Waals surface area (Å²) in [5.74, 6) is 0.683. The van der Waals surface area contributed by atoms with Crippen molar-refractivity contribution in [3.8, 4) is 0 Å². The Labute approximate surface area is 85.7 Å². The zero-order valence-electron chi connectivity index (χ0n) is 8.69. The lowest BCUT2D eigenvalue weighted by Gasteiger charge is -2.03. The molecule has 0 aromatic carbocycles. The molecule has 5 nitrogen and oxygen atoms in total. The van der Waals surface area contributed by atoms with Crippen molar-refractivity contribution < 1.29 is 22.6 Å². The zero-order valence-corrected chi connectivity index (χ0v) is 9.51. The lowest BCUT2D eigenvalue weighted by atomic mass is 10.1. The van der Waals surface area contributed by atoms with Crippen molar-refractivity contribution in [2.45, 2.75) is 39.5 Å². The second-order valence-corrected chi connectivity index (χ2v) is 4.58. The Morgan fingerprint density at radius 3 is 2.21 bits per heavy atom. The van der Waals surface area contributed by atoms with Crippen LogP contribution in [0, 0.1) is 5.92 Å². The van der Waals surface area contributed by atoms with Gasteiger partial charge in [0.05, 0.1) is 6.61 Å². The third-order valence-electron chi connectivity index (χ3n) is 1.66. The first-order valence-corrected chi connectivity index (χ1v) is 5.90. The van der Waals surface area contributed by atoms with Gasteiger partial charge in [0.15, 0.2) is 0 Å². The number of hydrogen-bond donors (Lipinski definition) is 1. The molecule has 0 atom stereocenters. The maximum absolute atomic E-state index is 10.1. The summed E-state index contributed by atoms with van der Waals surface area (Å²) in [7, 11) is -4.23. The van der Waals surface area contributed by atoms with Gasteiger partial charge in [-0.15, -0.1) is 0 Å². The van der Waals surface area contributed by atoms with Crippen molar-refractivity contribution in [3.05, 3.63) is 0 Å². The molecule has 0 aromatic heterocycles. The summed E-state index contributed by atoms with van der Waals surface area (Å²) < 4.78 is 32.6. The van der Waals surface area contributed by atoms with Crippen molar-refractivity contribution in [3.63, 3.8) is 0 Å². The highest BCUT2D eigenvalue weighted by Crippen LogP contribution is 2.08. The molecule has 88 valence electrons. The lowest BCUT2D eigenvalue weighted by molar-refractivity contribution is 0.261. The molecule has 14 heavy (non-hydrogen) atoms. The number of unbranched alkanes of at least 4 members (excludes halogenated alkanes) is 2. The lowest BCUT2D eigenvalue weighted by Crippen LogP contribution is -2.04. The van der Waals surface area contributed by atoms with Gasteiger partial charge in [0.1, 0.15) is 0 Å². The number of hydrogen-bond acceptors (Lipinski definition) is 3. The van der Waals surface area contributed by atoms with Crippen LogP contribution in [0.2, 0.25) is 0 Å². The fraction of sp³-hybridized carbons (Fsp3) is 1.00. The molecule has 3 N–H and O–H groups in total. The second kappa shape index (κ2) is 8.16. The summed E-state index contributed by atoms with van der Waals surface area (Å²) in [6.45, 7) is 4.38. The molecule has 0 amide bonds. The third kappa shape index (κ3) is 14.4. The van der Waals surface area contributed by atoms with Gasteiger partial charge in [0.2, 0.25) is 0 Å². The van der Waals surface area contributed by atoms with Crippen LogP contribution in [-0.2, 0) is 14.6 Å². The fourth-order valence-corrected chi connectivity index (χ4v) is 1.32. The molecule has 0 aliphatic carbocycles. The Bertz CT molecular complexity index is 210. The van der Waals surface area contributed by atoms with Crippen molar-refractivity contribution in [1.29, 1.82) is 0 Å². The van der Waals surface area contributed by atoms with Gasteiger partial charge in [-0.1, -0.05) is 33.1 Å². The van der Waals surface area contributed by atoms with E-state index in [0.29, 0.717) is 12.3 Å². The summed E-state index contributed by atoms with van der Waals surface area (Å²) >= 11 is 0. The molecule has 0 aliphatic heterocycles. The van der Waals surface area contributed by atoms with E-state index in [2.05, 4.69) is 18.0 Å². The third-order valence-corrected chi connectivity index (χ3v) is 2.12. The van der Waals surface area contributed by atoms with Gasteiger partial charge in [0, 0.05) is 0 Å². The van der Waals surface area contributed by atoms with Crippen LogP contribution in [0.1, 0.15) is 39.5 Å². The van der Waals surface area contributed by atoms with Crippen LogP contribution in [0.5, 0.6) is 0 Å². The van der Waals surface area contributed by atoms with E-state index >= 15 is 0 Å². The summed E-state index contributed by atoms with van der Waals surface area (Å²) in [5.41, 5.74) is 0. The number of rotatable bonds is 7. The average molecular weight is 228 g/mol. The predicted octanol–water partition coefficient (Wildman–Crippen LogP) is 1.20. The minimum Gasteiger partial charge on any atom is -0.412 e. The summed E-state index contributed by atoms with van der Waals surface area (Å²) in [6.07, 6.45) is 3.83. The van der Waals surface area contributed by atoms with E-state index in [0.717, 1.165) is 19.3 Å². The van der Waals surface area contributed by atoms with Crippen molar-refractivity contribution >= 4 is 10.4 Å². The topological polar surface area (TPSA) is 95.1 Å². The van der Waals surface area contributed by atoms with Gasteiger partial charge in [0.25, 0.3) is 0 Å². The molecule has 0 bridgehead atoms. The van der Waals surface area contributed by atoms with E-state index in [9.17, 15) is 8.42 Å². The van der Waals surface area contributed by atoms with Crippen LogP contribution in [0.15, 0.2) is 0 Å². The standard InChI is InChI=1S/C8H18O4S.H2O/c1-8(2)6-4-3-5-7-12-13(9,10)11;/h8H,3-7H2,1-2H3,(H,9,10,11);1H2. The highest BCUT2D eigenvalue weighted by molar-refractivity contribution is 7.80. The summed E-state index contributed by atoms with van der Waals surface area (Å²) in [5, 5.41) is 0. The van der Waals surface area contributed by atoms with Crippen LogP contribution < -0.4 is 0 Å². The first-order chi connectivity index (χ1) is 5.92. The highest BCUT2D eigenvalue weighted by atomic mass is 32.3. The van der Waals surface area contributed by atoms with Crippen LogP contribution in [0.3, 0.4) is 0 Å². The molecule has 0 fully saturated rings. The van der Waals surface area contributed by atoms with Crippen molar-refractivity contribution in [2.24, 2.45) is 5.92 Å². The smallest absolute Gasteiger partial charge is 0.397 e. The molecule has 0 aromatic rings. The monoisotopic (exact) mass is 228 g/mol. The van der Waals surface area contributed by atoms with E-state index in [-0.39, 0.29) is 12.1 Å². The molecule has 0 spiro atoms. The largest absolute Gasteiger partial charge is 0.412 e. The van der Waals surface area contributed by atoms with E-state index in [1.165, 1.54) is 0 Å². The van der Waals surface area contributed by atoms with Crippen molar-refractivity contribution in [2.75, 3.05) is 6.61 Å². The van der Waals surface area contributed by atoms with Crippen molar-refractivity contribution in [1.82, 2.24) is 0 Å². The molecule has 0 radical (unpaired) electrons. The maximum Gasteiger partial charge on any atom is 0.397 e. The van der Waals surface area contributed by atoms with Crippen LogP contribution in [0.4, 0.5) is 0 Å². The molecule has 0 heterocycles. The quantitative estimate of drug-likeness (QED) is 0.523. The summed E-state index contributed by atoms with van der Waals surface area (Å²) in [4.78, 5) is 0. The Hall–Kier alpha value is -0.170. The van der Waals surface area contributed by atoms with Crippen LogP contribution in [-0.4, -0.2) is 25.1 Å². The molecule has 0 aliphatic rings. The van der Waals surface area contributed by atoms with Gasteiger partial charge in [-0.2, -0.15) is 8.42 Å². The Morgan fingerprint density at radius 2 is 1.79 bits per heavy atom. The van der Waals surface area contributed by atoms with Gasteiger partial charge in [-0.25, -0.2) is 4.18 Å². The molecule has 0 rings (SSSR count). The Morgan fingerprint density at radius 1 is 1.21 bits per heavy atom. The van der Waals surface area contributed by atoms with Gasteiger partial charge in [-0.3, -0.25) is 4.55 Å². The minimum atomic E-state index is -4.23. The summed E-state index contributed by atoms with van der Waals surface area (Å²) in [6, 6.07) is 0. The van der Waals surface area contributed by atoms with Gasteiger partial charge >= 0.3 is 10.4 Å². The van der Waals surface area contributed by atoms with E-state index in [4.69, 9.17) is 4.55 Å². The molecule has 0 saturated carbocycles. The molecule has 6 heteroatoms. The first-order valence-electron chi connectivity index (χ1n) is 4.53. The maximum atomic E-state index is 10.1. The van der Waals surface area contributed by atoms with Gasteiger partial charge in [-0.05, 0) is 12.3 Å². The van der Waals surface area contributed by atoms with E-state index in [1.54, 1.807) is 0 Å². The first kappa shape index (κ1) is 16.3. The molecular weight excluding hydrogens is 208 g/mol. The fourth-order valence-electron chi connectivity index (χ4n) is 0.996. The minimum absolute atomic E-state index is 0. The second-order valence-electron chi connectivity index (χ2n) is 3.49. The SMILES string of the molecule is CC(C)CCCCCOS(=O)(=O)O.O. The zero-order chi connectivity index (χ0) is 10.3. The molecule has 0 saturated heterocycles. The average Bonchev–Trinajstić information content (AvgIpc) is 1.93. The molecule has 0 unspecified atom stereocenters. The van der Waals surface area contributed by atoms with Crippen LogP contribution >= 0.6 is 0 Å². The predicted molar refractivity (Wildman–Crippen MR) is 54.4 cm³/mol. The molecular formula is C8H20O5S. The normalized spacial score (nSPS) is 11.4. The Balaban J connectivity index is 0. The van der Waals surface area contributed by atoms with Gasteiger partial charge < -0.3 is 5.48 Å². The highest BCUT2D eigenvalue weighted by Gasteiger charge is 2.02.